The maximum absolute atomic E-state index is 13.8. The van der Waals surface area contributed by atoms with Crippen LogP contribution in [0.5, 0.6) is 0 Å². The molecular weight excluding hydrogens is 509 g/mol. The van der Waals surface area contributed by atoms with Crippen molar-refractivity contribution in [1.82, 2.24) is 10.2 Å². The van der Waals surface area contributed by atoms with Gasteiger partial charge < -0.3 is 10.2 Å². The number of Topliss-reactive ketones (excluding diaryl/α,β-unsaturated/α-hetero) is 1. The van der Waals surface area contributed by atoms with Crippen LogP contribution < -0.4 is 9.62 Å². The zero-order valence-electron chi connectivity index (χ0n) is 21.4. The number of halogens is 1. The largest absolute Gasteiger partial charge is 0.357 e. The fourth-order valence-electron chi connectivity index (χ4n) is 4.00. The summed E-state index contributed by atoms with van der Waals surface area (Å²) in [5, 5.41) is 2.59. The van der Waals surface area contributed by atoms with Gasteiger partial charge in [-0.05, 0) is 42.3 Å². The Morgan fingerprint density at radius 1 is 0.921 bits per heavy atom. The van der Waals surface area contributed by atoms with Crippen LogP contribution in [0.3, 0.4) is 0 Å². The quantitative estimate of drug-likeness (QED) is 0.377. The summed E-state index contributed by atoms with van der Waals surface area (Å²) >= 11 is 0. The van der Waals surface area contributed by atoms with E-state index in [-0.39, 0.29) is 24.4 Å². The molecule has 0 aliphatic heterocycles. The van der Waals surface area contributed by atoms with Crippen LogP contribution in [-0.4, -0.2) is 56.8 Å². The first-order valence-corrected chi connectivity index (χ1v) is 13.7. The SMILES string of the molecule is CNC(=O)C(Cc1ccccc1)N(Cc1ccc(F)cc1)C(=O)CN(c1cccc(C(C)=O)c1)S(C)(=O)=O. The number of nitrogens with zero attached hydrogens (tertiary/aromatic N) is 2. The van der Waals surface area contributed by atoms with Crippen LogP contribution >= 0.6 is 0 Å². The van der Waals surface area contributed by atoms with E-state index in [1.807, 2.05) is 30.3 Å². The van der Waals surface area contributed by atoms with Gasteiger partial charge in [0.2, 0.25) is 21.8 Å². The number of sulfonamides is 1. The number of hydrogen-bond acceptors (Lipinski definition) is 5. The van der Waals surface area contributed by atoms with E-state index in [1.54, 1.807) is 6.07 Å². The first-order valence-electron chi connectivity index (χ1n) is 11.9. The summed E-state index contributed by atoms with van der Waals surface area (Å²) in [5.41, 5.74) is 1.80. The van der Waals surface area contributed by atoms with Crippen molar-refractivity contribution in [3.05, 3.63) is 101 Å². The Morgan fingerprint density at radius 2 is 1.58 bits per heavy atom. The van der Waals surface area contributed by atoms with Gasteiger partial charge in [0, 0.05) is 25.6 Å². The molecule has 10 heteroatoms. The highest BCUT2D eigenvalue weighted by atomic mass is 32.2. The van der Waals surface area contributed by atoms with Gasteiger partial charge in [0.25, 0.3) is 0 Å². The van der Waals surface area contributed by atoms with Crippen LogP contribution in [0.25, 0.3) is 0 Å². The number of likely N-dealkylation sites (N-methyl/N-ethyl adjacent to an activating group) is 1. The Balaban J connectivity index is 2.03. The molecule has 200 valence electrons. The van der Waals surface area contributed by atoms with Gasteiger partial charge in [-0.2, -0.15) is 0 Å². The summed E-state index contributed by atoms with van der Waals surface area (Å²) in [7, 11) is -2.50. The number of carbonyl (C=O) groups is 3. The molecule has 3 aromatic rings. The number of rotatable bonds is 11. The van der Waals surface area contributed by atoms with E-state index in [4.69, 9.17) is 0 Å². The van der Waals surface area contributed by atoms with E-state index in [2.05, 4.69) is 5.32 Å². The minimum atomic E-state index is -3.95. The normalized spacial score (nSPS) is 11.9. The van der Waals surface area contributed by atoms with E-state index >= 15 is 0 Å². The second kappa shape index (κ2) is 12.5. The molecule has 0 fully saturated rings. The monoisotopic (exact) mass is 539 g/mol. The standard InChI is InChI=1S/C28H30FN3O5S/c1-20(33)23-10-7-11-25(17-23)32(38(3,36)37)19-27(34)31(18-22-12-14-24(29)15-13-22)26(28(35)30-2)16-21-8-5-4-6-9-21/h4-15,17,26H,16,18-19H2,1-3H3,(H,30,35). The van der Waals surface area contributed by atoms with Crippen molar-refractivity contribution in [1.29, 1.82) is 0 Å². The van der Waals surface area contributed by atoms with Gasteiger partial charge in [-0.25, -0.2) is 12.8 Å². The lowest BCUT2D eigenvalue weighted by Gasteiger charge is -2.33. The molecule has 0 aliphatic rings. The van der Waals surface area contributed by atoms with Crippen molar-refractivity contribution < 1.29 is 27.2 Å². The molecule has 2 amide bonds. The molecule has 0 spiro atoms. The molecular formula is C28H30FN3O5S. The van der Waals surface area contributed by atoms with Gasteiger partial charge in [0.05, 0.1) is 11.9 Å². The Bertz CT molecular complexity index is 1400. The molecule has 1 atom stereocenters. The highest BCUT2D eigenvalue weighted by Gasteiger charge is 2.32. The van der Waals surface area contributed by atoms with E-state index in [9.17, 15) is 27.2 Å². The highest BCUT2D eigenvalue weighted by molar-refractivity contribution is 7.92. The maximum Gasteiger partial charge on any atom is 0.244 e. The molecule has 38 heavy (non-hydrogen) atoms. The topological polar surface area (TPSA) is 104 Å². The minimum absolute atomic E-state index is 0.0604. The molecule has 3 rings (SSSR count). The van der Waals surface area contributed by atoms with Crippen molar-refractivity contribution in [2.75, 3.05) is 24.2 Å². The third-order valence-corrected chi connectivity index (χ3v) is 7.14. The lowest BCUT2D eigenvalue weighted by Crippen LogP contribution is -2.52. The van der Waals surface area contributed by atoms with Gasteiger partial charge in [0.1, 0.15) is 18.4 Å². The zero-order valence-corrected chi connectivity index (χ0v) is 22.2. The molecule has 8 nitrogen and oxygen atoms in total. The number of ketones is 1. The second-order valence-electron chi connectivity index (χ2n) is 8.84. The molecule has 0 aromatic heterocycles. The number of nitrogens with one attached hydrogen (secondary N) is 1. The number of carbonyl (C=O) groups excluding carboxylic acids is 3. The molecule has 0 heterocycles. The predicted molar refractivity (Wildman–Crippen MR) is 144 cm³/mol. The molecule has 0 radical (unpaired) electrons. The zero-order chi connectivity index (χ0) is 27.9. The van der Waals surface area contributed by atoms with E-state index < -0.39 is 40.2 Å². The van der Waals surface area contributed by atoms with Crippen LogP contribution in [-0.2, 0) is 32.6 Å². The Kier molecular flexibility index (Phi) is 9.35. The molecule has 0 bridgehead atoms. The summed E-state index contributed by atoms with van der Waals surface area (Å²) in [6.45, 7) is 0.690. The third-order valence-electron chi connectivity index (χ3n) is 6.00. The second-order valence-corrected chi connectivity index (χ2v) is 10.8. The van der Waals surface area contributed by atoms with E-state index in [1.165, 1.54) is 61.3 Å². The van der Waals surface area contributed by atoms with Gasteiger partial charge in [-0.3, -0.25) is 18.7 Å². The van der Waals surface area contributed by atoms with Crippen molar-refractivity contribution in [2.24, 2.45) is 0 Å². The van der Waals surface area contributed by atoms with Crippen LogP contribution in [0, 0.1) is 5.82 Å². The van der Waals surface area contributed by atoms with E-state index in [0.29, 0.717) is 11.1 Å². The smallest absolute Gasteiger partial charge is 0.244 e. The van der Waals surface area contributed by atoms with Crippen molar-refractivity contribution >= 4 is 33.3 Å². The predicted octanol–water partition coefficient (Wildman–Crippen LogP) is 3.18. The molecule has 0 aliphatic carbocycles. The summed E-state index contributed by atoms with van der Waals surface area (Å²) in [6, 6.07) is 19.6. The Labute approximate surface area is 222 Å². The Hall–Kier alpha value is -4.05. The van der Waals surface area contributed by atoms with E-state index in [0.717, 1.165) is 16.1 Å². The average Bonchev–Trinajstić information content (AvgIpc) is 2.89. The molecule has 1 N–H and O–H groups in total. The first-order chi connectivity index (χ1) is 18.0. The first kappa shape index (κ1) is 28.5. The van der Waals surface area contributed by atoms with Crippen LogP contribution in [0.2, 0.25) is 0 Å². The molecule has 0 saturated heterocycles. The van der Waals surface area contributed by atoms with Crippen LogP contribution in [0.15, 0.2) is 78.9 Å². The Morgan fingerprint density at radius 3 is 2.16 bits per heavy atom. The summed E-state index contributed by atoms with van der Waals surface area (Å²) < 4.78 is 40.0. The molecule has 0 saturated carbocycles. The van der Waals surface area contributed by atoms with Gasteiger partial charge in [0.15, 0.2) is 5.78 Å². The minimum Gasteiger partial charge on any atom is -0.357 e. The fraction of sp³-hybridized carbons (Fsp3) is 0.250. The average molecular weight is 540 g/mol. The highest BCUT2D eigenvalue weighted by Crippen LogP contribution is 2.22. The fourth-order valence-corrected chi connectivity index (χ4v) is 4.84. The van der Waals surface area contributed by atoms with Crippen molar-refractivity contribution in [3.8, 4) is 0 Å². The van der Waals surface area contributed by atoms with Gasteiger partial charge in [-0.1, -0.05) is 54.6 Å². The lowest BCUT2D eigenvalue weighted by atomic mass is 10.0. The van der Waals surface area contributed by atoms with Crippen LogP contribution in [0.1, 0.15) is 28.4 Å². The van der Waals surface area contributed by atoms with Gasteiger partial charge in [-0.15, -0.1) is 0 Å². The van der Waals surface area contributed by atoms with Crippen molar-refractivity contribution in [3.63, 3.8) is 0 Å². The number of benzene rings is 3. The molecule has 3 aromatic carbocycles. The maximum atomic E-state index is 13.8. The summed E-state index contributed by atoms with van der Waals surface area (Å²) in [4.78, 5) is 40.0. The number of hydrogen-bond donors (Lipinski definition) is 1. The van der Waals surface area contributed by atoms with Crippen LogP contribution in [0.4, 0.5) is 10.1 Å². The lowest BCUT2D eigenvalue weighted by molar-refractivity contribution is -0.139. The van der Waals surface area contributed by atoms with Crippen molar-refractivity contribution in [2.45, 2.75) is 25.9 Å². The third kappa shape index (κ3) is 7.48. The van der Waals surface area contributed by atoms with Gasteiger partial charge >= 0.3 is 0 Å². The summed E-state index contributed by atoms with van der Waals surface area (Å²) in [6.07, 6.45) is 1.14. The number of anilines is 1. The number of amides is 2. The summed E-state index contributed by atoms with van der Waals surface area (Å²) in [5.74, 6) is -1.79. The molecule has 1 unspecified atom stereocenters.